The van der Waals surface area contributed by atoms with Crippen molar-refractivity contribution < 1.29 is 0 Å². The molecule has 1 aliphatic heterocycles. The van der Waals surface area contributed by atoms with Crippen LogP contribution in [0.1, 0.15) is 53.4 Å². The molecule has 1 rings (SSSR count). The summed E-state index contributed by atoms with van der Waals surface area (Å²) < 4.78 is 0. The fourth-order valence-corrected chi connectivity index (χ4v) is 3.13. The first kappa shape index (κ1) is 17.9. The molecule has 1 saturated heterocycles. The highest BCUT2D eigenvalue weighted by molar-refractivity contribution is 4.83. The first-order valence-electron chi connectivity index (χ1n) is 8.46. The van der Waals surface area contributed by atoms with Crippen molar-refractivity contribution in [2.45, 2.75) is 65.5 Å². The van der Waals surface area contributed by atoms with E-state index in [-0.39, 0.29) is 0 Å². The highest BCUT2D eigenvalue weighted by Gasteiger charge is 2.26. The van der Waals surface area contributed by atoms with Crippen molar-refractivity contribution in [3.8, 4) is 0 Å². The zero-order chi connectivity index (χ0) is 15.2. The molecule has 3 heteroatoms. The van der Waals surface area contributed by atoms with Gasteiger partial charge in [-0.25, -0.2) is 0 Å². The van der Waals surface area contributed by atoms with E-state index < -0.39 is 0 Å². The summed E-state index contributed by atoms with van der Waals surface area (Å²) in [6.07, 6.45) is 5.15. The standard InChI is InChI=1S/C17H37N3/c1-7-11-18-16(17(2,3)4)10-14-20-12-8-15(9-13-20)19(5)6/h15-16,18H,7-14H2,1-6H3. The molecule has 0 saturated carbocycles. The Labute approximate surface area is 127 Å². The maximum atomic E-state index is 3.74. The van der Waals surface area contributed by atoms with E-state index in [1.165, 1.54) is 45.3 Å². The number of hydrogen-bond acceptors (Lipinski definition) is 3. The van der Waals surface area contributed by atoms with Gasteiger partial charge in [0.15, 0.2) is 0 Å². The Kier molecular flexibility index (Phi) is 7.49. The quantitative estimate of drug-likeness (QED) is 0.775. The van der Waals surface area contributed by atoms with E-state index in [1.807, 2.05) is 0 Å². The zero-order valence-corrected chi connectivity index (χ0v) is 14.7. The summed E-state index contributed by atoms with van der Waals surface area (Å²) in [5.41, 5.74) is 0.358. The molecule has 0 aromatic carbocycles. The van der Waals surface area contributed by atoms with Gasteiger partial charge in [-0.05, 0) is 71.4 Å². The highest BCUT2D eigenvalue weighted by Crippen LogP contribution is 2.23. The average molecular weight is 284 g/mol. The molecule has 3 nitrogen and oxygen atoms in total. The van der Waals surface area contributed by atoms with Crippen molar-refractivity contribution in [1.29, 1.82) is 0 Å². The third-order valence-corrected chi connectivity index (χ3v) is 4.71. The molecule has 0 aliphatic carbocycles. The van der Waals surface area contributed by atoms with Gasteiger partial charge in [-0.2, -0.15) is 0 Å². The van der Waals surface area contributed by atoms with Crippen LogP contribution in [0.4, 0.5) is 0 Å². The van der Waals surface area contributed by atoms with Crippen molar-refractivity contribution in [3.05, 3.63) is 0 Å². The number of hydrogen-bond donors (Lipinski definition) is 1. The van der Waals surface area contributed by atoms with Crippen molar-refractivity contribution in [2.75, 3.05) is 40.3 Å². The molecule has 1 heterocycles. The molecule has 1 fully saturated rings. The maximum absolute atomic E-state index is 3.74. The van der Waals surface area contributed by atoms with Gasteiger partial charge in [0.2, 0.25) is 0 Å². The van der Waals surface area contributed by atoms with Crippen LogP contribution >= 0.6 is 0 Å². The molecular weight excluding hydrogens is 246 g/mol. The van der Waals surface area contributed by atoms with E-state index in [4.69, 9.17) is 0 Å². The summed E-state index contributed by atoms with van der Waals surface area (Å²) in [5.74, 6) is 0. The molecule has 0 aromatic heterocycles. The lowest BCUT2D eigenvalue weighted by atomic mass is 9.84. The minimum absolute atomic E-state index is 0.358. The van der Waals surface area contributed by atoms with Gasteiger partial charge in [-0.3, -0.25) is 0 Å². The largest absolute Gasteiger partial charge is 0.313 e. The monoisotopic (exact) mass is 283 g/mol. The SMILES string of the molecule is CCCNC(CCN1CCC(N(C)C)CC1)C(C)(C)C. The van der Waals surface area contributed by atoms with E-state index in [9.17, 15) is 0 Å². The number of nitrogens with one attached hydrogen (secondary N) is 1. The second-order valence-corrected chi connectivity index (χ2v) is 7.70. The highest BCUT2D eigenvalue weighted by atomic mass is 15.2. The minimum Gasteiger partial charge on any atom is -0.313 e. The lowest BCUT2D eigenvalue weighted by molar-refractivity contribution is 0.132. The molecule has 20 heavy (non-hydrogen) atoms. The van der Waals surface area contributed by atoms with Gasteiger partial charge in [-0.1, -0.05) is 27.7 Å². The predicted molar refractivity (Wildman–Crippen MR) is 89.3 cm³/mol. The second-order valence-electron chi connectivity index (χ2n) is 7.70. The average Bonchev–Trinajstić information content (AvgIpc) is 2.37. The molecule has 1 N–H and O–H groups in total. The van der Waals surface area contributed by atoms with Crippen molar-refractivity contribution in [1.82, 2.24) is 15.1 Å². The lowest BCUT2D eigenvalue weighted by Gasteiger charge is -2.37. The van der Waals surface area contributed by atoms with Crippen LogP contribution in [-0.4, -0.2) is 62.2 Å². The molecule has 0 amide bonds. The van der Waals surface area contributed by atoms with E-state index >= 15 is 0 Å². The minimum atomic E-state index is 0.358. The van der Waals surface area contributed by atoms with Gasteiger partial charge < -0.3 is 15.1 Å². The van der Waals surface area contributed by atoms with E-state index in [0.717, 1.165) is 12.6 Å². The Morgan fingerprint density at radius 1 is 1.20 bits per heavy atom. The van der Waals surface area contributed by atoms with E-state index in [2.05, 4.69) is 56.9 Å². The Morgan fingerprint density at radius 3 is 2.25 bits per heavy atom. The van der Waals surface area contributed by atoms with Crippen LogP contribution in [0.5, 0.6) is 0 Å². The number of piperidine rings is 1. The predicted octanol–water partition coefficient (Wildman–Crippen LogP) is 2.82. The third-order valence-electron chi connectivity index (χ3n) is 4.71. The summed E-state index contributed by atoms with van der Waals surface area (Å²) in [7, 11) is 4.43. The Morgan fingerprint density at radius 2 is 1.80 bits per heavy atom. The van der Waals surface area contributed by atoms with Crippen LogP contribution in [0.3, 0.4) is 0 Å². The normalized spacial score (nSPS) is 20.6. The first-order chi connectivity index (χ1) is 9.34. The Hall–Kier alpha value is -0.120. The van der Waals surface area contributed by atoms with E-state index in [1.54, 1.807) is 0 Å². The first-order valence-corrected chi connectivity index (χ1v) is 8.46. The smallest absolute Gasteiger partial charge is 0.0128 e. The van der Waals surface area contributed by atoms with Gasteiger partial charge in [0, 0.05) is 12.1 Å². The lowest BCUT2D eigenvalue weighted by Crippen LogP contribution is -2.46. The number of likely N-dealkylation sites (tertiary alicyclic amines) is 1. The Bertz CT molecular complexity index is 249. The number of nitrogens with zero attached hydrogens (tertiary/aromatic N) is 2. The molecular formula is C17H37N3. The topological polar surface area (TPSA) is 18.5 Å². The zero-order valence-electron chi connectivity index (χ0n) is 14.7. The van der Waals surface area contributed by atoms with E-state index in [0.29, 0.717) is 11.5 Å². The van der Waals surface area contributed by atoms with Crippen LogP contribution in [0.25, 0.3) is 0 Å². The Balaban J connectivity index is 2.33. The second kappa shape index (κ2) is 8.35. The molecule has 1 aliphatic rings. The molecule has 1 atom stereocenters. The molecule has 120 valence electrons. The molecule has 0 bridgehead atoms. The summed E-state index contributed by atoms with van der Waals surface area (Å²) in [6.45, 7) is 14.3. The molecule has 0 aromatic rings. The van der Waals surface area contributed by atoms with Crippen LogP contribution in [0, 0.1) is 5.41 Å². The van der Waals surface area contributed by atoms with Crippen molar-refractivity contribution >= 4 is 0 Å². The van der Waals surface area contributed by atoms with Crippen molar-refractivity contribution in [2.24, 2.45) is 5.41 Å². The molecule has 1 unspecified atom stereocenters. The fraction of sp³-hybridized carbons (Fsp3) is 1.00. The molecule has 0 radical (unpaired) electrons. The summed E-state index contributed by atoms with van der Waals surface area (Å²) in [4.78, 5) is 5.05. The van der Waals surface area contributed by atoms with Crippen LogP contribution in [0.15, 0.2) is 0 Å². The molecule has 0 spiro atoms. The van der Waals surface area contributed by atoms with Gasteiger partial charge in [-0.15, -0.1) is 0 Å². The third kappa shape index (κ3) is 6.11. The van der Waals surface area contributed by atoms with Crippen molar-refractivity contribution in [3.63, 3.8) is 0 Å². The van der Waals surface area contributed by atoms with Crippen LogP contribution < -0.4 is 5.32 Å². The van der Waals surface area contributed by atoms with Gasteiger partial charge in [0.1, 0.15) is 0 Å². The van der Waals surface area contributed by atoms with Gasteiger partial charge in [0.25, 0.3) is 0 Å². The van der Waals surface area contributed by atoms with Gasteiger partial charge >= 0.3 is 0 Å². The van der Waals surface area contributed by atoms with Crippen LogP contribution in [0.2, 0.25) is 0 Å². The fourth-order valence-electron chi connectivity index (χ4n) is 3.13. The maximum Gasteiger partial charge on any atom is 0.0128 e. The van der Waals surface area contributed by atoms with Crippen LogP contribution in [-0.2, 0) is 0 Å². The van der Waals surface area contributed by atoms with Gasteiger partial charge in [0.05, 0.1) is 0 Å². The summed E-state index contributed by atoms with van der Waals surface area (Å²) >= 11 is 0. The summed E-state index contributed by atoms with van der Waals surface area (Å²) in [6, 6.07) is 1.43. The number of rotatable bonds is 7. The summed E-state index contributed by atoms with van der Waals surface area (Å²) in [5, 5.41) is 3.74.